The van der Waals surface area contributed by atoms with E-state index in [1.807, 2.05) is 0 Å². The van der Waals surface area contributed by atoms with Crippen molar-refractivity contribution in [2.24, 2.45) is 11.7 Å². The van der Waals surface area contributed by atoms with Crippen molar-refractivity contribution >= 4 is 5.69 Å². The molecule has 0 atom stereocenters. The second-order valence-corrected chi connectivity index (χ2v) is 4.62. The lowest BCUT2D eigenvalue weighted by Crippen LogP contribution is -2.06. The van der Waals surface area contributed by atoms with Gasteiger partial charge < -0.3 is 15.2 Å². The Morgan fingerprint density at radius 3 is 2.53 bits per heavy atom. The first kappa shape index (κ1) is 15.2. The molecular formula is C13H20N2O4. The summed E-state index contributed by atoms with van der Waals surface area (Å²) in [6.07, 6.45) is 0.871. The number of rotatable bonds is 7. The number of nitrogens with two attached hydrogens (primary N) is 1. The van der Waals surface area contributed by atoms with E-state index in [0.717, 1.165) is 6.42 Å². The molecule has 1 aromatic rings. The first-order valence-corrected chi connectivity index (χ1v) is 6.17. The molecule has 0 fully saturated rings. The van der Waals surface area contributed by atoms with Crippen LogP contribution >= 0.6 is 0 Å². The maximum absolute atomic E-state index is 11.0. The maximum Gasteiger partial charge on any atom is 0.277 e. The lowest BCUT2D eigenvalue weighted by molar-refractivity contribution is -0.385. The van der Waals surface area contributed by atoms with Crippen molar-refractivity contribution in [2.45, 2.75) is 26.8 Å². The predicted molar refractivity (Wildman–Crippen MR) is 72.5 cm³/mol. The van der Waals surface area contributed by atoms with Gasteiger partial charge in [-0.05, 0) is 18.4 Å². The topological polar surface area (TPSA) is 87.6 Å². The van der Waals surface area contributed by atoms with Crippen LogP contribution in [0.15, 0.2) is 12.1 Å². The van der Waals surface area contributed by atoms with Crippen LogP contribution in [-0.2, 0) is 6.54 Å². The van der Waals surface area contributed by atoms with Gasteiger partial charge in [-0.25, -0.2) is 0 Å². The number of nitrogens with zero attached hydrogens (tertiary/aromatic N) is 1. The molecule has 106 valence electrons. The van der Waals surface area contributed by atoms with Gasteiger partial charge in [-0.3, -0.25) is 10.1 Å². The molecule has 0 aliphatic heterocycles. The van der Waals surface area contributed by atoms with E-state index in [2.05, 4.69) is 13.8 Å². The Balaban J connectivity index is 3.01. The van der Waals surface area contributed by atoms with Crippen LogP contribution < -0.4 is 15.2 Å². The van der Waals surface area contributed by atoms with Crippen molar-refractivity contribution < 1.29 is 14.4 Å². The molecular weight excluding hydrogens is 248 g/mol. The molecule has 0 unspecified atom stereocenters. The Morgan fingerprint density at radius 1 is 1.37 bits per heavy atom. The van der Waals surface area contributed by atoms with E-state index in [1.54, 1.807) is 6.07 Å². The molecule has 19 heavy (non-hydrogen) atoms. The SMILES string of the molecule is COc1cc(CN)c([N+](=O)[O-])cc1OCCC(C)C. The van der Waals surface area contributed by atoms with Gasteiger partial charge >= 0.3 is 0 Å². The largest absolute Gasteiger partial charge is 0.493 e. The van der Waals surface area contributed by atoms with Gasteiger partial charge in [0, 0.05) is 12.1 Å². The summed E-state index contributed by atoms with van der Waals surface area (Å²) in [5.74, 6) is 1.35. The number of methoxy groups -OCH3 is 1. The van der Waals surface area contributed by atoms with Crippen molar-refractivity contribution in [2.75, 3.05) is 13.7 Å². The zero-order chi connectivity index (χ0) is 14.4. The van der Waals surface area contributed by atoms with E-state index in [9.17, 15) is 10.1 Å². The number of benzene rings is 1. The number of ether oxygens (including phenoxy) is 2. The fourth-order valence-corrected chi connectivity index (χ4v) is 1.60. The van der Waals surface area contributed by atoms with Gasteiger partial charge in [-0.1, -0.05) is 13.8 Å². The molecule has 0 saturated carbocycles. The van der Waals surface area contributed by atoms with Gasteiger partial charge in [0.05, 0.1) is 24.7 Å². The molecule has 0 heterocycles. The molecule has 0 aromatic heterocycles. The predicted octanol–water partition coefficient (Wildman–Crippen LogP) is 2.49. The summed E-state index contributed by atoms with van der Waals surface area (Å²) in [7, 11) is 1.50. The van der Waals surface area contributed by atoms with Crippen LogP contribution in [0.5, 0.6) is 11.5 Å². The summed E-state index contributed by atoms with van der Waals surface area (Å²) in [5, 5.41) is 11.0. The average molecular weight is 268 g/mol. The monoisotopic (exact) mass is 268 g/mol. The lowest BCUT2D eigenvalue weighted by Gasteiger charge is -2.13. The highest BCUT2D eigenvalue weighted by Gasteiger charge is 2.18. The van der Waals surface area contributed by atoms with Gasteiger partial charge in [0.2, 0.25) is 0 Å². The van der Waals surface area contributed by atoms with E-state index in [4.69, 9.17) is 15.2 Å². The van der Waals surface area contributed by atoms with E-state index < -0.39 is 4.92 Å². The van der Waals surface area contributed by atoms with Crippen LogP contribution in [0, 0.1) is 16.0 Å². The Bertz CT molecular complexity index is 447. The molecule has 0 aliphatic rings. The van der Waals surface area contributed by atoms with Crippen molar-refractivity contribution in [3.05, 3.63) is 27.8 Å². The molecule has 0 spiro atoms. The Hall–Kier alpha value is -1.82. The summed E-state index contributed by atoms with van der Waals surface area (Å²) >= 11 is 0. The van der Waals surface area contributed by atoms with Crippen LogP contribution in [0.1, 0.15) is 25.8 Å². The molecule has 0 radical (unpaired) electrons. The van der Waals surface area contributed by atoms with Gasteiger partial charge in [0.15, 0.2) is 11.5 Å². The molecule has 6 nitrogen and oxygen atoms in total. The number of hydrogen-bond acceptors (Lipinski definition) is 5. The van der Waals surface area contributed by atoms with Crippen molar-refractivity contribution in [3.63, 3.8) is 0 Å². The van der Waals surface area contributed by atoms with Gasteiger partial charge in [0.25, 0.3) is 5.69 Å². The third kappa shape index (κ3) is 4.10. The Kier molecular flexibility index (Phi) is 5.57. The normalized spacial score (nSPS) is 10.6. The molecule has 0 bridgehead atoms. The third-order valence-electron chi connectivity index (χ3n) is 2.73. The average Bonchev–Trinajstić information content (AvgIpc) is 2.37. The minimum atomic E-state index is -0.461. The minimum Gasteiger partial charge on any atom is -0.493 e. The number of nitro groups is 1. The van der Waals surface area contributed by atoms with E-state index >= 15 is 0 Å². The molecule has 1 rings (SSSR count). The van der Waals surface area contributed by atoms with Crippen LogP contribution in [-0.4, -0.2) is 18.6 Å². The van der Waals surface area contributed by atoms with E-state index in [0.29, 0.717) is 29.6 Å². The summed E-state index contributed by atoms with van der Waals surface area (Å²) in [5.41, 5.74) is 5.89. The van der Waals surface area contributed by atoms with Crippen LogP contribution in [0.2, 0.25) is 0 Å². The fraction of sp³-hybridized carbons (Fsp3) is 0.538. The van der Waals surface area contributed by atoms with Gasteiger partial charge in [-0.15, -0.1) is 0 Å². The van der Waals surface area contributed by atoms with Crippen molar-refractivity contribution in [1.82, 2.24) is 0 Å². The quantitative estimate of drug-likeness (QED) is 0.606. The molecule has 0 saturated heterocycles. The zero-order valence-corrected chi connectivity index (χ0v) is 11.5. The highest BCUT2D eigenvalue weighted by Crippen LogP contribution is 2.34. The van der Waals surface area contributed by atoms with Crippen molar-refractivity contribution in [3.8, 4) is 11.5 Å². The highest BCUT2D eigenvalue weighted by atomic mass is 16.6. The molecule has 2 N–H and O–H groups in total. The van der Waals surface area contributed by atoms with Gasteiger partial charge in [0.1, 0.15) is 0 Å². The summed E-state index contributed by atoms with van der Waals surface area (Å²) < 4.78 is 10.7. The van der Waals surface area contributed by atoms with E-state index in [1.165, 1.54) is 13.2 Å². The first-order chi connectivity index (χ1) is 8.99. The number of nitro benzene ring substituents is 1. The second kappa shape index (κ2) is 6.94. The van der Waals surface area contributed by atoms with Crippen LogP contribution in [0.4, 0.5) is 5.69 Å². The Morgan fingerprint density at radius 2 is 2.05 bits per heavy atom. The van der Waals surface area contributed by atoms with Crippen LogP contribution in [0.25, 0.3) is 0 Å². The third-order valence-corrected chi connectivity index (χ3v) is 2.73. The standard InChI is InChI=1S/C13H20N2O4/c1-9(2)4-5-19-13-7-11(15(16)17)10(8-14)6-12(13)18-3/h6-7,9H,4-5,8,14H2,1-3H3. The molecule has 0 amide bonds. The van der Waals surface area contributed by atoms with Gasteiger partial charge in [-0.2, -0.15) is 0 Å². The smallest absolute Gasteiger partial charge is 0.277 e. The first-order valence-electron chi connectivity index (χ1n) is 6.17. The Labute approximate surface area is 112 Å². The van der Waals surface area contributed by atoms with E-state index in [-0.39, 0.29) is 12.2 Å². The molecule has 0 aliphatic carbocycles. The zero-order valence-electron chi connectivity index (χ0n) is 11.5. The summed E-state index contributed by atoms with van der Waals surface area (Å²) in [6, 6.07) is 2.93. The summed E-state index contributed by atoms with van der Waals surface area (Å²) in [6.45, 7) is 4.74. The fourth-order valence-electron chi connectivity index (χ4n) is 1.60. The number of hydrogen-bond donors (Lipinski definition) is 1. The van der Waals surface area contributed by atoms with Crippen LogP contribution in [0.3, 0.4) is 0 Å². The second-order valence-electron chi connectivity index (χ2n) is 4.62. The summed E-state index contributed by atoms with van der Waals surface area (Å²) in [4.78, 5) is 10.5. The lowest BCUT2D eigenvalue weighted by atomic mass is 10.1. The molecule has 1 aromatic carbocycles. The minimum absolute atomic E-state index is 0.0390. The van der Waals surface area contributed by atoms with Crippen molar-refractivity contribution in [1.29, 1.82) is 0 Å². The maximum atomic E-state index is 11.0. The highest BCUT2D eigenvalue weighted by molar-refractivity contribution is 5.54. The molecule has 6 heteroatoms.